The summed E-state index contributed by atoms with van der Waals surface area (Å²) in [6, 6.07) is 10.2. The van der Waals surface area contributed by atoms with Crippen molar-refractivity contribution < 1.29 is 14.3 Å². The predicted octanol–water partition coefficient (Wildman–Crippen LogP) is 2.98. The number of ether oxygens (including phenoxy) is 2. The molecule has 5 heterocycles. The number of fused-ring (bicyclic) bond motifs is 2. The summed E-state index contributed by atoms with van der Waals surface area (Å²) in [4.78, 5) is 29.0. The lowest BCUT2D eigenvalue weighted by Crippen LogP contribution is -2.51. The third kappa shape index (κ3) is 4.22. The Bertz CT molecular complexity index is 1120. The lowest BCUT2D eigenvalue weighted by Gasteiger charge is -2.38. The SMILES string of the molecule is O=C(C1CCN(c2nc3ncccc3s2)CC1)N1CCN(Cc2ccc3c(c2)OCO3)CC1. The molecule has 3 aliphatic heterocycles. The molecule has 3 aromatic rings. The van der Waals surface area contributed by atoms with E-state index in [2.05, 4.69) is 42.9 Å². The van der Waals surface area contributed by atoms with Gasteiger partial charge in [-0.15, -0.1) is 0 Å². The molecule has 1 amide bonds. The number of hydrogen-bond acceptors (Lipinski definition) is 8. The first-order valence-corrected chi connectivity index (χ1v) is 12.4. The molecule has 33 heavy (non-hydrogen) atoms. The summed E-state index contributed by atoms with van der Waals surface area (Å²) >= 11 is 1.69. The molecule has 0 bridgehead atoms. The normalized spacial score (nSPS) is 19.4. The van der Waals surface area contributed by atoms with Gasteiger partial charge in [-0.25, -0.2) is 4.98 Å². The third-order valence-electron chi connectivity index (χ3n) is 6.80. The van der Waals surface area contributed by atoms with Gasteiger partial charge in [-0.05, 0) is 42.7 Å². The molecule has 0 atom stereocenters. The fourth-order valence-corrected chi connectivity index (χ4v) is 5.87. The van der Waals surface area contributed by atoms with E-state index >= 15 is 0 Å². The van der Waals surface area contributed by atoms with Crippen molar-refractivity contribution in [3.05, 3.63) is 42.1 Å². The second-order valence-electron chi connectivity index (χ2n) is 8.87. The second-order valence-corrected chi connectivity index (χ2v) is 9.88. The van der Waals surface area contributed by atoms with Gasteiger partial charge in [0.1, 0.15) is 0 Å². The second kappa shape index (κ2) is 8.79. The molecular formula is C24H27N5O3S. The van der Waals surface area contributed by atoms with E-state index in [0.717, 1.165) is 85.6 Å². The zero-order chi connectivity index (χ0) is 22.2. The minimum atomic E-state index is 0.120. The number of hydrogen-bond donors (Lipinski definition) is 0. The maximum Gasteiger partial charge on any atom is 0.231 e. The Hall–Kier alpha value is -2.91. The van der Waals surface area contributed by atoms with Crippen molar-refractivity contribution in [2.24, 2.45) is 5.92 Å². The molecule has 6 rings (SSSR count). The Morgan fingerprint density at radius 3 is 2.67 bits per heavy atom. The average molecular weight is 466 g/mol. The van der Waals surface area contributed by atoms with Crippen LogP contribution in [-0.2, 0) is 11.3 Å². The van der Waals surface area contributed by atoms with E-state index in [1.54, 1.807) is 17.5 Å². The van der Waals surface area contributed by atoms with Crippen LogP contribution in [0.3, 0.4) is 0 Å². The number of carbonyl (C=O) groups is 1. The van der Waals surface area contributed by atoms with Gasteiger partial charge in [0.25, 0.3) is 0 Å². The molecule has 0 N–H and O–H groups in total. The molecule has 2 saturated heterocycles. The molecule has 172 valence electrons. The standard InChI is InChI=1S/C24H27N5O3S/c30-23(18-5-8-29(9-6-18)24-26-22-21(33-24)2-1-7-25-22)28-12-10-27(11-13-28)15-17-3-4-19-20(14-17)32-16-31-19/h1-4,7,14,18H,5-6,8-13,15-16H2. The van der Waals surface area contributed by atoms with E-state index in [4.69, 9.17) is 9.47 Å². The molecule has 3 aliphatic rings. The molecule has 2 aromatic heterocycles. The maximum atomic E-state index is 13.2. The van der Waals surface area contributed by atoms with Gasteiger partial charge in [-0.2, -0.15) is 4.98 Å². The summed E-state index contributed by atoms with van der Waals surface area (Å²) in [7, 11) is 0. The van der Waals surface area contributed by atoms with Gasteiger partial charge in [0.15, 0.2) is 22.3 Å². The number of thiazole rings is 1. The summed E-state index contributed by atoms with van der Waals surface area (Å²) in [5.74, 6) is 2.09. The molecular weight excluding hydrogens is 438 g/mol. The van der Waals surface area contributed by atoms with Crippen LogP contribution in [0.2, 0.25) is 0 Å². The van der Waals surface area contributed by atoms with Crippen molar-refractivity contribution in [3.63, 3.8) is 0 Å². The van der Waals surface area contributed by atoms with Crippen molar-refractivity contribution in [1.29, 1.82) is 0 Å². The van der Waals surface area contributed by atoms with Crippen molar-refractivity contribution in [1.82, 2.24) is 19.8 Å². The fraction of sp³-hybridized carbons (Fsp3) is 0.458. The third-order valence-corrected chi connectivity index (χ3v) is 7.87. The minimum Gasteiger partial charge on any atom is -0.454 e. The number of carbonyl (C=O) groups excluding carboxylic acids is 1. The summed E-state index contributed by atoms with van der Waals surface area (Å²) in [5.41, 5.74) is 2.03. The van der Waals surface area contributed by atoms with Gasteiger partial charge < -0.3 is 19.3 Å². The van der Waals surface area contributed by atoms with Crippen molar-refractivity contribution >= 4 is 32.7 Å². The molecule has 2 fully saturated rings. The molecule has 0 saturated carbocycles. The highest BCUT2D eigenvalue weighted by Gasteiger charge is 2.31. The topological polar surface area (TPSA) is 71.0 Å². The Balaban J connectivity index is 0.996. The van der Waals surface area contributed by atoms with Crippen LogP contribution in [0.15, 0.2) is 36.5 Å². The van der Waals surface area contributed by atoms with Gasteiger partial charge in [-0.3, -0.25) is 9.69 Å². The lowest BCUT2D eigenvalue weighted by atomic mass is 9.95. The van der Waals surface area contributed by atoms with Gasteiger partial charge in [0, 0.05) is 57.9 Å². The number of aromatic nitrogens is 2. The maximum absolute atomic E-state index is 13.2. The Morgan fingerprint density at radius 1 is 1.03 bits per heavy atom. The van der Waals surface area contributed by atoms with Crippen LogP contribution < -0.4 is 14.4 Å². The number of nitrogens with zero attached hydrogens (tertiary/aromatic N) is 5. The number of amides is 1. The first kappa shape index (κ1) is 20.7. The van der Waals surface area contributed by atoms with E-state index in [1.807, 2.05) is 12.1 Å². The summed E-state index contributed by atoms with van der Waals surface area (Å²) in [6.07, 6.45) is 3.56. The van der Waals surface area contributed by atoms with E-state index < -0.39 is 0 Å². The molecule has 0 unspecified atom stereocenters. The molecule has 0 radical (unpaired) electrons. The largest absolute Gasteiger partial charge is 0.454 e. The summed E-state index contributed by atoms with van der Waals surface area (Å²) < 4.78 is 12.0. The zero-order valence-electron chi connectivity index (χ0n) is 18.5. The number of piperazine rings is 1. The van der Waals surface area contributed by atoms with E-state index in [9.17, 15) is 4.79 Å². The van der Waals surface area contributed by atoms with Crippen LogP contribution in [-0.4, -0.2) is 71.7 Å². The smallest absolute Gasteiger partial charge is 0.231 e. The highest BCUT2D eigenvalue weighted by Crippen LogP contribution is 2.33. The molecule has 1 aromatic carbocycles. The van der Waals surface area contributed by atoms with Gasteiger partial charge in [-0.1, -0.05) is 17.4 Å². The van der Waals surface area contributed by atoms with Crippen molar-refractivity contribution in [2.75, 3.05) is 51.0 Å². The number of benzene rings is 1. The molecule has 8 nitrogen and oxygen atoms in total. The van der Waals surface area contributed by atoms with Crippen LogP contribution in [0, 0.1) is 5.92 Å². The Morgan fingerprint density at radius 2 is 1.85 bits per heavy atom. The Kier molecular flexibility index (Phi) is 5.51. The Labute approximate surface area is 196 Å². The van der Waals surface area contributed by atoms with E-state index in [0.29, 0.717) is 12.7 Å². The number of pyridine rings is 1. The predicted molar refractivity (Wildman–Crippen MR) is 127 cm³/mol. The van der Waals surface area contributed by atoms with Gasteiger partial charge in [0.2, 0.25) is 12.7 Å². The number of anilines is 1. The van der Waals surface area contributed by atoms with Gasteiger partial charge in [0.05, 0.1) is 4.70 Å². The highest BCUT2D eigenvalue weighted by molar-refractivity contribution is 7.22. The van der Waals surface area contributed by atoms with Gasteiger partial charge >= 0.3 is 0 Å². The first-order chi connectivity index (χ1) is 16.2. The number of rotatable bonds is 4. The number of piperidine rings is 1. The highest BCUT2D eigenvalue weighted by atomic mass is 32.1. The van der Waals surface area contributed by atoms with Crippen LogP contribution in [0.4, 0.5) is 5.13 Å². The zero-order valence-corrected chi connectivity index (χ0v) is 19.3. The van der Waals surface area contributed by atoms with E-state index in [1.165, 1.54) is 5.56 Å². The fourth-order valence-electron chi connectivity index (χ4n) is 4.89. The first-order valence-electron chi connectivity index (χ1n) is 11.6. The van der Waals surface area contributed by atoms with Crippen molar-refractivity contribution in [2.45, 2.75) is 19.4 Å². The average Bonchev–Trinajstić information content (AvgIpc) is 3.51. The monoisotopic (exact) mass is 465 g/mol. The van der Waals surface area contributed by atoms with Crippen LogP contribution in [0.5, 0.6) is 11.5 Å². The molecule has 0 aliphatic carbocycles. The van der Waals surface area contributed by atoms with Crippen molar-refractivity contribution in [3.8, 4) is 11.5 Å². The van der Waals surface area contributed by atoms with Crippen LogP contribution in [0.1, 0.15) is 18.4 Å². The van der Waals surface area contributed by atoms with E-state index in [-0.39, 0.29) is 5.92 Å². The quantitative estimate of drug-likeness (QED) is 0.587. The summed E-state index contributed by atoms with van der Waals surface area (Å²) in [6.45, 7) is 6.32. The molecule has 0 spiro atoms. The minimum absolute atomic E-state index is 0.120. The van der Waals surface area contributed by atoms with Crippen LogP contribution in [0.25, 0.3) is 10.3 Å². The molecule has 9 heteroatoms. The summed E-state index contributed by atoms with van der Waals surface area (Å²) in [5, 5.41) is 1.02. The lowest BCUT2D eigenvalue weighted by molar-refractivity contribution is -0.138. The van der Waals surface area contributed by atoms with Crippen LogP contribution >= 0.6 is 11.3 Å².